The van der Waals surface area contributed by atoms with Gasteiger partial charge in [-0.1, -0.05) is 17.4 Å². The number of nitro groups is 1. The molecule has 0 spiro atoms. The number of benzene rings is 2. The molecule has 0 atom stereocenters. The summed E-state index contributed by atoms with van der Waals surface area (Å²) in [6, 6.07) is 10.2. The van der Waals surface area contributed by atoms with Gasteiger partial charge in [-0.15, -0.1) is 0 Å². The Bertz CT molecular complexity index is 1160. The van der Waals surface area contributed by atoms with Gasteiger partial charge < -0.3 is 9.47 Å². The van der Waals surface area contributed by atoms with Crippen molar-refractivity contribution < 1.29 is 19.2 Å². The number of hydrogen-bond acceptors (Lipinski definition) is 8. The summed E-state index contributed by atoms with van der Waals surface area (Å²) in [5.74, 6) is 0.432. The maximum atomic E-state index is 13.6. The predicted molar refractivity (Wildman–Crippen MR) is 128 cm³/mol. The molecule has 1 amide bonds. The summed E-state index contributed by atoms with van der Waals surface area (Å²) in [4.78, 5) is 33.2. The Hall–Kier alpha value is -3.08. The van der Waals surface area contributed by atoms with Crippen LogP contribution in [-0.4, -0.2) is 67.2 Å². The molecule has 0 saturated carbocycles. The van der Waals surface area contributed by atoms with E-state index in [1.807, 2.05) is 18.2 Å². The summed E-state index contributed by atoms with van der Waals surface area (Å²) in [7, 11) is 1.61. The molecule has 4 rings (SSSR count). The molecule has 0 unspecified atom stereocenters. The summed E-state index contributed by atoms with van der Waals surface area (Å²) in [6.45, 7) is 6.08. The third-order valence-corrected chi connectivity index (χ3v) is 6.79. The number of nitro benzene ring substituents is 1. The van der Waals surface area contributed by atoms with Gasteiger partial charge in [-0.25, -0.2) is 4.98 Å². The second-order valence-electron chi connectivity index (χ2n) is 7.80. The van der Waals surface area contributed by atoms with E-state index in [4.69, 9.17) is 9.47 Å². The monoisotopic (exact) mass is 470 g/mol. The normalized spacial score (nSPS) is 14.4. The highest BCUT2D eigenvalue weighted by molar-refractivity contribution is 7.22. The van der Waals surface area contributed by atoms with Gasteiger partial charge in [-0.3, -0.25) is 24.7 Å². The zero-order valence-electron chi connectivity index (χ0n) is 18.7. The summed E-state index contributed by atoms with van der Waals surface area (Å²) >= 11 is 1.41. The van der Waals surface area contributed by atoms with E-state index in [2.05, 4.69) is 9.88 Å². The lowest BCUT2D eigenvalue weighted by Gasteiger charge is -2.28. The molecule has 174 valence electrons. The number of amides is 1. The van der Waals surface area contributed by atoms with Gasteiger partial charge in [0.2, 0.25) is 0 Å². The average Bonchev–Trinajstić information content (AvgIpc) is 3.25. The topological polar surface area (TPSA) is 98.0 Å². The number of anilines is 1. The van der Waals surface area contributed by atoms with Crippen molar-refractivity contribution in [3.8, 4) is 5.75 Å². The van der Waals surface area contributed by atoms with E-state index in [9.17, 15) is 14.9 Å². The molecular formula is C23H26N4O5S. The number of ether oxygens (including phenoxy) is 2. The number of thiazole rings is 1. The number of morpholine rings is 1. The van der Waals surface area contributed by atoms with Crippen molar-refractivity contribution in [2.24, 2.45) is 0 Å². The Morgan fingerprint density at radius 1 is 1.30 bits per heavy atom. The molecule has 0 aliphatic carbocycles. The van der Waals surface area contributed by atoms with Crippen molar-refractivity contribution in [2.45, 2.75) is 13.3 Å². The smallest absolute Gasteiger partial charge is 0.273 e. The first-order valence-corrected chi connectivity index (χ1v) is 11.6. The summed E-state index contributed by atoms with van der Waals surface area (Å²) in [6.07, 6.45) is 0.749. The van der Waals surface area contributed by atoms with Crippen LogP contribution in [-0.2, 0) is 4.74 Å². The lowest BCUT2D eigenvalue weighted by Crippen LogP contribution is -2.39. The van der Waals surface area contributed by atoms with Gasteiger partial charge >= 0.3 is 0 Å². The fraction of sp³-hybridized carbons (Fsp3) is 0.391. The first-order chi connectivity index (χ1) is 16.0. The van der Waals surface area contributed by atoms with Crippen LogP contribution in [0.25, 0.3) is 10.2 Å². The Balaban J connectivity index is 1.64. The molecule has 3 aromatic rings. The van der Waals surface area contributed by atoms with Crippen LogP contribution >= 0.6 is 11.3 Å². The maximum absolute atomic E-state index is 13.6. The SMILES string of the molecule is COc1ccc2nc(N(CCCN3CCOCC3)C(=O)c3cccc([N+](=O)[O-])c3C)sc2c1. The van der Waals surface area contributed by atoms with E-state index in [0.29, 0.717) is 22.8 Å². The third kappa shape index (κ3) is 5.13. The van der Waals surface area contributed by atoms with Crippen LogP contribution in [0.3, 0.4) is 0 Å². The van der Waals surface area contributed by atoms with Crippen LogP contribution in [0.4, 0.5) is 10.8 Å². The van der Waals surface area contributed by atoms with Crippen LogP contribution in [0.5, 0.6) is 5.75 Å². The zero-order chi connectivity index (χ0) is 23.4. The number of aromatic nitrogens is 1. The van der Waals surface area contributed by atoms with Crippen LogP contribution in [0.2, 0.25) is 0 Å². The van der Waals surface area contributed by atoms with Crippen molar-refractivity contribution >= 4 is 38.3 Å². The van der Waals surface area contributed by atoms with Gasteiger partial charge in [0.25, 0.3) is 11.6 Å². The van der Waals surface area contributed by atoms with Crippen molar-refractivity contribution in [2.75, 3.05) is 51.4 Å². The standard InChI is InChI=1S/C23H26N4O5S/c1-16-18(5-3-6-20(16)27(29)30)22(28)26(10-4-9-25-11-13-32-14-12-25)23-24-19-8-7-17(31-2)15-21(19)33-23/h3,5-8,15H,4,9-14H2,1-2H3. The van der Waals surface area contributed by atoms with Crippen molar-refractivity contribution in [3.63, 3.8) is 0 Å². The van der Waals surface area contributed by atoms with E-state index in [1.165, 1.54) is 17.4 Å². The highest BCUT2D eigenvalue weighted by Gasteiger charge is 2.26. The molecule has 1 aliphatic heterocycles. The second-order valence-corrected chi connectivity index (χ2v) is 8.81. The maximum Gasteiger partial charge on any atom is 0.273 e. The van der Waals surface area contributed by atoms with Gasteiger partial charge in [0.1, 0.15) is 5.75 Å². The molecule has 2 aromatic carbocycles. The van der Waals surface area contributed by atoms with Crippen LogP contribution in [0.1, 0.15) is 22.3 Å². The average molecular weight is 471 g/mol. The molecule has 33 heavy (non-hydrogen) atoms. The van der Waals surface area contributed by atoms with Gasteiger partial charge in [0, 0.05) is 43.4 Å². The molecule has 0 N–H and O–H groups in total. The van der Waals surface area contributed by atoms with Crippen molar-refractivity contribution in [1.82, 2.24) is 9.88 Å². The lowest BCUT2D eigenvalue weighted by molar-refractivity contribution is -0.385. The van der Waals surface area contributed by atoms with Crippen LogP contribution in [0.15, 0.2) is 36.4 Å². The highest BCUT2D eigenvalue weighted by Crippen LogP contribution is 2.33. The van der Waals surface area contributed by atoms with Gasteiger partial charge in [0.15, 0.2) is 5.13 Å². The number of nitrogens with zero attached hydrogens (tertiary/aromatic N) is 4. The number of carbonyl (C=O) groups is 1. The minimum Gasteiger partial charge on any atom is -0.497 e. The number of rotatable bonds is 8. The van der Waals surface area contributed by atoms with E-state index in [0.717, 1.165) is 55.2 Å². The molecule has 0 radical (unpaired) electrons. The number of hydrogen-bond donors (Lipinski definition) is 0. The molecular weight excluding hydrogens is 444 g/mol. The van der Waals surface area contributed by atoms with Gasteiger partial charge in [0.05, 0.1) is 35.5 Å². The Labute approximate surface area is 195 Å². The zero-order valence-corrected chi connectivity index (χ0v) is 19.5. The minimum atomic E-state index is -0.459. The Morgan fingerprint density at radius 3 is 2.82 bits per heavy atom. The van der Waals surface area contributed by atoms with Gasteiger partial charge in [-0.05, 0) is 37.6 Å². The fourth-order valence-corrected chi connectivity index (χ4v) is 4.91. The van der Waals surface area contributed by atoms with E-state index in [-0.39, 0.29) is 11.6 Å². The lowest BCUT2D eigenvalue weighted by atomic mass is 10.1. The molecule has 2 heterocycles. The van der Waals surface area contributed by atoms with E-state index in [1.54, 1.807) is 31.1 Å². The van der Waals surface area contributed by atoms with Crippen molar-refractivity contribution in [1.29, 1.82) is 0 Å². The molecule has 1 aromatic heterocycles. The second kappa shape index (κ2) is 10.2. The first kappa shape index (κ1) is 23.1. The number of methoxy groups -OCH3 is 1. The quantitative estimate of drug-likeness (QED) is 0.364. The van der Waals surface area contributed by atoms with Crippen LogP contribution < -0.4 is 9.64 Å². The van der Waals surface area contributed by atoms with Crippen LogP contribution in [0, 0.1) is 17.0 Å². The number of fused-ring (bicyclic) bond motifs is 1. The molecule has 1 fully saturated rings. The minimum absolute atomic E-state index is 0.0665. The first-order valence-electron chi connectivity index (χ1n) is 10.8. The molecule has 0 bridgehead atoms. The number of carbonyl (C=O) groups excluding carboxylic acids is 1. The van der Waals surface area contributed by atoms with E-state index >= 15 is 0 Å². The largest absolute Gasteiger partial charge is 0.497 e. The summed E-state index contributed by atoms with van der Waals surface area (Å²) in [5.41, 5.74) is 1.38. The predicted octanol–water partition coefficient (Wildman–Crippen LogP) is 3.89. The van der Waals surface area contributed by atoms with Crippen molar-refractivity contribution in [3.05, 3.63) is 57.6 Å². The molecule has 1 saturated heterocycles. The third-order valence-electron chi connectivity index (χ3n) is 5.75. The van der Waals surface area contributed by atoms with Gasteiger partial charge in [-0.2, -0.15) is 0 Å². The highest BCUT2D eigenvalue weighted by atomic mass is 32.1. The fourth-order valence-electron chi connectivity index (χ4n) is 3.89. The Morgan fingerprint density at radius 2 is 2.09 bits per heavy atom. The Kier molecular flexibility index (Phi) is 7.17. The molecule has 10 heteroatoms. The van der Waals surface area contributed by atoms with E-state index < -0.39 is 4.92 Å². The summed E-state index contributed by atoms with van der Waals surface area (Å²) < 4.78 is 11.6. The molecule has 1 aliphatic rings. The molecule has 9 nitrogen and oxygen atoms in total. The summed E-state index contributed by atoms with van der Waals surface area (Å²) in [5, 5.41) is 12.0.